The highest BCUT2D eigenvalue weighted by molar-refractivity contribution is 7.88. The zero-order valence-electron chi connectivity index (χ0n) is 21.0. The summed E-state index contributed by atoms with van der Waals surface area (Å²) in [5.74, 6) is -0.885. The summed E-state index contributed by atoms with van der Waals surface area (Å²) in [5, 5.41) is -0.0520. The summed E-state index contributed by atoms with van der Waals surface area (Å²) in [6, 6.07) is 3.69. The average Bonchev–Trinajstić information content (AvgIpc) is 2.83. The topological polar surface area (TPSA) is 65.2 Å². The van der Waals surface area contributed by atoms with E-state index in [0.29, 0.717) is 4.98 Å². The summed E-state index contributed by atoms with van der Waals surface area (Å²) in [6.07, 6.45) is -3.36. The molecule has 2 rings (SSSR count). The van der Waals surface area contributed by atoms with E-state index in [0.717, 1.165) is 4.90 Å². The standard InChI is InChI=1S/C14H21N3O2S/c1-15-20(18,19)10-11-4-5-14-13(8-11)12(9-16-14)6-7-17(2)3/h4-5,8-9,15-16H,6-7,10H2,1-3H3/i1D3,6D2,7D2,9D/hD2. The van der Waals surface area contributed by atoms with Crippen molar-refractivity contribution in [1.82, 2.24) is 14.6 Å². The van der Waals surface area contributed by atoms with E-state index in [1.54, 1.807) is 0 Å². The Kier molecular flexibility index (Phi) is 1.96. The van der Waals surface area contributed by atoms with Crippen molar-refractivity contribution in [3.63, 3.8) is 0 Å². The first kappa shape index (κ1) is 6.60. The highest BCUT2D eigenvalue weighted by Crippen LogP contribution is 2.21. The lowest BCUT2D eigenvalue weighted by Crippen LogP contribution is -2.20. The van der Waals surface area contributed by atoms with Crippen molar-refractivity contribution in [2.24, 2.45) is 0 Å². The molecule has 20 heavy (non-hydrogen) atoms. The van der Waals surface area contributed by atoms with Gasteiger partial charge in [0, 0.05) is 33.2 Å². The Morgan fingerprint density at radius 2 is 2.40 bits per heavy atom. The van der Waals surface area contributed by atoms with Gasteiger partial charge in [0.15, 0.2) is 1.41 Å². The van der Waals surface area contributed by atoms with Gasteiger partial charge in [0.1, 0.15) is 1.41 Å². The van der Waals surface area contributed by atoms with Crippen LogP contribution in [0.4, 0.5) is 0 Å². The molecule has 0 aliphatic carbocycles. The van der Waals surface area contributed by atoms with Gasteiger partial charge in [0.05, 0.1) is 7.12 Å². The predicted octanol–water partition coefficient (Wildman–Crippen LogP) is 1.32. The van der Waals surface area contributed by atoms with Gasteiger partial charge in [0.2, 0.25) is 10.0 Å². The molecular weight excluding hydrogens is 274 g/mol. The Balaban J connectivity index is 2.68. The van der Waals surface area contributed by atoms with E-state index < -0.39 is 52.1 Å². The van der Waals surface area contributed by atoms with Crippen LogP contribution in [0.15, 0.2) is 24.4 Å². The first-order chi connectivity index (χ1) is 13.4. The average molecular weight is 305 g/mol. The molecule has 2 N–H and O–H groups in total. The SMILES string of the molecule is [2H]c1c(C([2H])([2H])C([2H])([2H])N(C)C)c2cc(CS(=O)(=O)N([2H])C([2H])([2H])[2H])ccc2n1[2H]. The van der Waals surface area contributed by atoms with Crippen molar-refractivity contribution in [3.8, 4) is 0 Å². The lowest BCUT2D eigenvalue weighted by molar-refractivity contribution is 0.414. The number of aromatic amines is 1. The molecule has 0 saturated carbocycles. The number of sulfonamides is 1. The molecule has 2 aromatic rings. The van der Waals surface area contributed by atoms with Crippen molar-refractivity contribution < 1.29 is 22.2 Å². The number of nitrogens with one attached hydrogen (secondary N) is 2. The van der Waals surface area contributed by atoms with Crippen LogP contribution in [-0.2, 0) is 22.1 Å². The lowest BCUT2D eigenvalue weighted by Gasteiger charge is -2.08. The molecule has 1 aromatic heterocycles. The molecule has 0 radical (unpaired) electrons. The Morgan fingerprint density at radius 3 is 3.10 bits per heavy atom. The van der Waals surface area contributed by atoms with Crippen molar-refractivity contribution in [3.05, 3.63) is 35.5 Å². The van der Waals surface area contributed by atoms with Crippen LogP contribution in [0, 0.1) is 0 Å². The van der Waals surface area contributed by atoms with Gasteiger partial charge in [-0.1, -0.05) is 6.07 Å². The van der Waals surface area contributed by atoms with E-state index in [1.165, 1.54) is 32.3 Å². The van der Waals surface area contributed by atoms with Gasteiger partial charge in [-0.05, 0) is 50.7 Å². The quantitative estimate of drug-likeness (QED) is 0.846. The Bertz CT molecular complexity index is 1060. The second kappa shape index (κ2) is 5.95. The molecule has 110 valence electrons. The smallest absolute Gasteiger partial charge is 0.215 e. The number of hydrogen-bond donors (Lipinski definition) is 2. The maximum atomic E-state index is 12.2. The maximum Gasteiger partial charge on any atom is 0.215 e. The van der Waals surface area contributed by atoms with Crippen LogP contribution in [0.5, 0.6) is 0 Å². The van der Waals surface area contributed by atoms with Crippen LogP contribution in [0.2, 0.25) is 2.82 Å². The molecule has 0 saturated heterocycles. The molecule has 6 heteroatoms. The van der Waals surface area contributed by atoms with Crippen molar-refractivity contribution >= 4 is 20.9 Å². The molecule has 0 aliphatic rings. The number of nitrogens with zero attached hydrogens (tertiary/aromatic N) is 1. The summed E-state index contributed by atoms with van der Waals surface area (Å²) in [6.45, 7) is -5.77. The van der Waals surface area contributed by atoms with Crippen LogP contribution < -0.4 is 4.72 Å². The second-order valence-corrected chi connectivity index (χ2v) is 6.03. The van der Waals surface area contributed by atoms with Gasteiger partial charge in [-0.25, -0.2) is 13.1 Å². The molecule has 0 bridgehead atoms. The van der Waals surface area contributed by atoms with E-state index in [9.17, 15) is 8.42 Å². The zero-order chi connectivity index (χ0) is 23.4. The number of rotatable bonds is 6. The van der Waals surface area contributed by atoms with Crippen molar-refractivity contribution in [2.45, 2.75) is 12.1 Å². The van der Waals surface area contributed by atoms with E-state index in [1.807, 2.05) is 0 Å². The number of aromatic nitrogens is 1. The molecule has 0 aliphatic heterocycles. The second-order valence-electron chi connectivity index (χ2n) is 4.40. The summed E-state index contributed by atoms with van der Waals surface area (Å²) >= 11 is 0. The molecular formula is C14H21N3O2S. The first-order valence-corrected chi connectivity index (χ1v) is 7.29. The summed E-state index contributed by atoms with van der Waals surface area (Å²) < 4.78 is 102. The molecule has 5 nitrogen and oxygen atoms in total. The van der Waals surface area contributed by atoms with Gasteiger partial charge < -0.3 is 9.88 Å². The zero-order valence-corrected chi connectivity index (χ0v) is 11.8. The van der Waals surface area contributed by atoms with Gasteiger partial charge >= 0.3 is 0 Å². The van der Waals surface area contributed by atoms with Crippen LogP contribution in [0.1, 0.15) is 22.1 Å². The predicted molar refractivity (Wildman–Crippen MR) is 82.2 cm³/mol. The Labute approximate surface area is 134 Å². The van der Waals surface area contributed by atoms with Gasteiger partial charge in [0.25, 0.3) is 0 Å². The number of fused-ring (bicyclic) bond motifs is 1. The number of likely N-dealkylation sites (N-methyl/N-ethyl adjacent to an activating group) is 1. The van der Waals surface area contributed by atoms with Gasteiger partial charge in [-0.2, -0.15) is 0 Å². The molecule has 0 unspecified atom stereocenters. The highest BCUT2D eigenvalue weighted by atomic mass is 32.2. The fourth-order valence-electron chi connectivity index (χ4n) is 1.65. The van der Waals surface area contributed by atoms with Gasteiger partial charge in [-0.3, -0.25) is 0 Å². The van der Waals surface area contributed by atoms with Gasteiger partial charge in [-0.15, -0.1) is 0 Å². The minimum Gasteiger partial charge on any atom is -0.361 e. The third-order valence-electron chi connectivity index (χ3n) is 2.51. The largest absolute Gasteiger partial charge is 0.361 e. The summed E-state index contributed by atoms with van der Waals surface area (Å²) in [7, 11) is -1.94. The van der Waals surface area contributed by atoms with Crippen molar-refractivity contribution in [1.29, 1.82) is 0 Å². The Morgan fingerprint density at radius 1 is 1.60 bits per heavy atom. The summed E-state index contributed by atoms with van der Waals surface area (Å²) in [4.78, 5) is 1.59. The van der Waals surface area contributed by atoms with Crippen LogP contribution in [0.3, 0.4) is 0 Å². The van der Waals surface area contributed by atoms with Crippen LogP contribution in [-0.4, -0.2) is 45.9 Å². The first-order valence-electron chi connectivity index (χ1n) is 10.6. The minimum absolute atomic E-state index is 0.00272. The third kappa shape index (κ3) is 3.59. The monoisotopic (exact) mass is 305 g/mol. The van der Waals surface area contributed by atoms with E-state index in [2.05, 4.69) is 0 Å². The minimum atomic E-state index is -4.57. The van der Waals surface area contributed by atoms with E-state index >= 15 is 0 Å². The van der Waals surface area contributed by atoms with E-state index in [-0.39, 0.29) is 16.5 Å². The molecule has 1 heterocycles. The summed E-state index contributed by atoms with van der Waals surface area (Å²) in [5.41, 5.74) is -0.394. The number of H-pyrrole nitrogens is 1. The molecule has 1 aromatic carbocycles. The normalized spacial score (nSPS) is 22.0. The lowest BCUT2D eigenvalue weighted by atomic mass is 10.1. The van der Waals surface area contributed by atoms with Crippen molar-refractivity contribution in [2.75, 3.05) is 27.6 Å². The third-order valence-corrected chi connectivity index (χ3v) is 3.49. The fourth-order valence-corrected chi connectivity index (χ4v) is 2.32. The highest BCUT2D eigenvalue weighted by Gasteiger charge is 2.11. The molecule has 0 amide bonds. The van der Waals surface area contributed by atoms with E-state index in [4.69, 9.17) is 13.8 Å². The Hall–Kier alpha value is -1.37. The molecule has 0 atom stereocenters. The maximum absolute atomic E-state index is 12.2. The number of benzene rings is 1. The van der Waals surface area contributed by atoms with Crippen LogP contribution >= 0.6 is 0 Å². The number of hydrogen-bond acceptors (Lipinski definition) is 3. The fraction of sp³-hybridized carbons (Fsp3) is 0.429. The molecule has 0 spiro atoms. The van der Waals surface area contributed by atoms with Crippen LogP contribution in [0.25, 0.3) is 10.9 Å². The number of aryl methyl sites for hydroxylation is 1. The molecule has 0 fully saturated rings.